The van der Waals surface area contributed by atoms with Crippen LogP contribution in [0.1, 0.15) is 0 Å². The molecule has 9 aromatic carbocycles. The number of hydrogen-bond donors (Lipinski definition) is 0. The van der Waals surface area contributed by atoms with Crippen molar-refractivity contribution in [2.45, 2.75) is 0 Å². The molecule has 0 saturated carbocycles. The smallest absolute Gasteiger partial charge is 0.0542 e. The number of thiophene rings is 1. The summed E-state index contributed by atoms with van der Waals surface area (Å²) in [6, 6.07) is 79.3. The standard InChI is InChI=1S/C54H36N2S/c1-5-15-37(16-6-1)40-27-32-53-49(33-40)50-35-41(38-17-7-2-8-18-38)34-47(54(50)57-53)39-25-28-44(29-26-39)55(42-19-9-3-10-20-42)45-30-31-52-48(36-45)46-23-13-14-24-51(46)56(52)43-21-11-4-12-22-43/h1-36H. The van der Waals surface area contributed by atoms with Gasteiger partial charge in [-0.25, -0.2) is 0 Å². The summed E-state index contributed by atoms with van der Waals surface area (Å²) in [4.78, 5) is 2.37. The second-order valence-electron chi connectivity index (χ2n) is 14.6. The molecular weight excluding hydrogens is 709 g/mol. The molecule has 0 radical (unpaired) electrons. The minimum Gasteiger partial charge on any atom is -0.310 e. The van der Waals surface area contributed by atoms with Crippen molar-refractivity contribution in [2.75, 3.05) is 4.90 Å². The fourth-order valence-corrected chi connectivity index (χ4v) is 9.67. The van der Waals surface area contributed by atoms with E-state index in [-0.39, 0.29) is 0 Å². The monoisotopic (exact) mass is 744 g/mol. The lowest BCUT2D eigenvalue weighted by Gasteiger charge is -2.26. The molecule has 268 valence electrons. The fourth-order valence-electron chi connectivity index (χ4n) is 8.47. The van der Waals surface area contributed by atoms with Crippen molar-refractivity contribution >= 4 is 70.4 Å². The van der Waals surface area contributed by atoms with Crippen LogP contribution in [0.5, 0.6) is 0 Å². The molecule has 0 atom stereocenters. The molecular formula is C54H36N2S. The van der Waals surface area contributed by atoms with Crippen molar-refractivity contribution in [3.63, 3.8) is 0 Å². The summed E-state index contributed by atoms with van der Waals surface area (Å²) >= 11 is 1.89. The largest absolute Gasteiger partial charge is 0.310 e. The molecule has 3 heteroatoms. The van der Waals surface area contributed by atoms with Gasteiger partial charge in [-0.2, -0.15) is 0 Å². The highest BCUT2D eigenvalue weighted by Crippen LogP contribution is 2.45. The van der Waals surface area contributed by atoms with E-state index in [0.717, 1.165) is 22.7 Å². The van der Waals surface area contributed by atoms with Crippen molar-refractivity contribution in [3.05, 3.63) is 218 Å². The third-order valence-electron chi connectivity index (χ3n) is 11.2. The highest BCUT2D eigenvalue weighted by atomic mass is 32.1. The molecule has 2 nitrogen and oxygen atoms in total. The first-order valence-electron chi connectivity index (χ1n) is 19.4. The predicted octanol–water partition coefficient (Wildman–Crippen LogP) is 15.6. The molecule has 0 unspecified atom stereocenters. The lowest BCUT2D eigenvalue weighted by molar-refractivity contribution is 1.18. The average Bonchev–Trinajstić information content (AvgIpc) is 3.83. The van der Waals surface area contributed by atoms with Crippen LogP contribution in [-0.4, -0.2) is 4.57 Å². The Bertz CT molecular complexity index is 3200. The van der Waals surface area contributed by atoms with E-state index in [1.807, 2.05) is 11.3 Å². The SMILES string of the molecule is c1ccc(-c2ccc3sc4c(-c5ccc(N(c6ccccc6)c6ccc7c(c6)c6ccccc6n7-c6ccccc6)cc5)cc(-c5ccccc5)cc4c3c2)cc1. The van der Waals surface area contributed by atoms with E-state index < -0.39 is 0 Å². The van der Waals surface area contributed by atoms with Gasteiger partial charge in [-0.3, -0.25) is 0 Å². The highest BCUT2D eigenvalue weighted by Gasteiger charge is 2.19. The summed E-state index contributed by atoms with van der Waals surface area (Å²) in [7, 11) is 0. The van der Waals surface area contributed by atoms with E-state index in [2.05, 4.69) is 228 Å². The van der Waals surface area contributed by atoms with E-state index in [1.165, 1.54) is 75.4 Å². The number of rotatable bonds is 7. The van der Waals surface area contributed by atoms with Crippen LogP contribution >= 0.6 is 11.3 Å². The molecule has 11 rings (SSSR count). The Labute approximate surface area is 335 Å². The molecule has 11 aromatic rings. The summed E-state index contributed by atoms with van der Waals surface area (Å²) in [5.74, 6) is 0. The highest BCUT2D eigenvalue weighted by molar-refractivity contribution is 7.26. The minimum atomic E-state index is 1.11. The van der Waals surface area contributed by atoms with Gasteiger partial charge in [-0.15, -0.1) is 11.3 Å². The third kappa shape index (κ3) is 5.80. The number of nitrogens with zero attached hydrogens (tertiary/aromatic N) is 2. The Hall–Kier alpha value is -7.20. The predicted molar refractivity (Wildman–Crippen MR) is 245 cm³/mol. The van der Waals surface area contributed by atoms with Gasteiger partial charge < -0.3 is 9.47 Å². The van der Waals surface area contributed by atoms with Crippen LogP contribution in [0, 0.1) is 0 Å². The third-order valence-corrected chi connectivity index (χ3v) is 12.4. The number of hydrogen-bond acceptors (Lipinski definition) is 2. The van der Waals surface area contributed by atoms with Crippen LogP contribution in [0.25, 0.3) is 81.0 Å². The van der Waals surface area contributed by atoms with E-state index >= 15 is 0 Å². The van der Waals surface area contributed by atoms with Gasteiger partial charge in [0, 0.05) is 59.3 Å². The van der Waals surface area contributed by atoms with E-state index in [4.69, 9.17) is 0 Å². The zero-order chi connectivity index (χ0) is 37.7. The Balaban J connectivity index is 1.06. The second-order valence-corrected chi connectivity index (χ2v) is 15.6. The van der Waals surface area contributed by atoms with E-state index in [9.17, 15) is 0 Å². The quantitative estimate of drug-likeness (QED) is 0.158. The van der Waals surface area contributed by atoms with Crippen LogP contribution in [0.2, 0.25) is 0 Å². The molecule has 0 amide bonds. The summed E-state index contributed by atoms with van der Waals surface area (Å²) in [5, 5.41) is 5.06. The molecule has 0 spiro atoms. The lowest BCUT2D eigenvalue weighted by Crippen LogP contribution is -2.09. The van der Waals surface area contributed by atoms with Crippen molar-refractivity contribution < 1.29 is 0 Å². The zero-order valence-corrected chi connectivity index (χ0v) is 31.9. The number of fused-ring (bicyclic) bond motifs is 6. The van der Waals surface area contributed by atoms with Gasteiger partial charge in [-0.1, -0.05) is 133 Å². The maximum absolute atomic E-state index is 2.39. The molecule has 0 aliphatic carbocycles. The van der Waals surface area contributed by atoms with Gasteiger partial charge in [0.05, 0.1) is 11.0 Å². The topological polar surface area (TPSA) is 8.17 Å². The molecule has 57 heavy (non-hydrogen) atoms. The first-order valence-corrected chi connectivity index (χ1v) is 20.2. The van der Waals surface area contributed by atoms with Gasteiger partial charge in [-0.05, 0) is 113 Å². The molecule has 2 aromatic heterocycles. The summed E-state index contributed by atoms with van der Waals surface area (Å²) in [6.45, 7) is 0. The first kappa shape index (κ1) is 33.2. The van der Waals surface area contributed by atoms with E-state index in [1.54, 1.807) is 0 Å². The molecule has 0 N–H and O–H groups in total. The van der Waals surface area contributed by atoms with Gasteiger partial charge in [0.15, 0.2) is 0 Å². The Morgan fingerprint density at radius 1 is 0.333 bits per heavy atom. The van der Waals surface area contributed by atoms with Crippen LogP contribution in [0.15, 0.2) is 218 Å². The summed E-state index contributed by atoms with van der Waals surface area (Å²) in [5.41, 5.74) is 14.3. The van der Waals surface area contributed by atoms with Crippen LogP contribution in [0.4, 0.5) is 17.1 Å². The van der Waals surface area contributed by atoms with Crippen LogP contribution in [0.3, 0.4) is 0 Å². The lowest BCUT2D eigenvalue weighted by atomic mass is 9.95. The fraction of sp³-hybridized carbons (Fsp3) is 0. The number of anilines is 3. The van der Waals surface area contributed by atoms with Crippen LogP contribution in [-0.2, 0) is 0 Å². The summed E-state index contributed by atoms with van der Waals surface area (Å²) in [6.07, 6.45) is 0. The molecule has 2 heterocycles. The number of benzene rings is 9. The maximum Gasteiger partial charge on any atom is 0.0542 e. The minimum absolute atomic E-state index is 1.11. The van der Waals surface area contributed by atoms with Crippen LogP contribution < -0.4 is 4.90 Å². The van der Waals surface area contributed by atoms with Crippen molar-refractivity contribution in [1.82, 2.24) is 4.57 Å². The van der Waals surface area contributed by atoms with Gasteiger partial charge in [0.1, 0.15) is 0 Å². The number of para-hydroxylation sites is 3. The van der Waals surface area contributed by atoms with Crippen molar-refractivity contribution in [3.8, 4) is 39.1 Å². The van der Waals surface area contributed by atoms with Crippen molar-refractivity contribution in [2.24, 2.45) is 0 Å². The first-order chi connectivity index (χ1) is 28.3. The molecule has 0 saturated heterocycles. The van der Waals surface area contributed by atoms with Crippen molar-refractivity contribution in [1.29, 1.82) is 0 Å². The molecule has 0 aliphatic heterocycles. The molecule has 0 fully saturated rings. The van der Waals surface area contributed by atoms with E-state index in [0.29, 0.717) is 0 Å². The second kappa shape index (κ2) is 13.8. The molecule has 0 aliphatic rings. The number of aromatic nitrogens is 1. The maximum atomic E-state index is 2.39. The summed E-state index contributed by atoms with van der Waals surface area (Å²) < 4.78 is 4.98. The normalized spacial score (nSPS) is 11.5. The average molecular weight is 745 g/mol. The Morgan fingerprint density at radius 3 is 1.63 bits per heavy atom. The zero-order valence-electron chi connectivity index (χ0n) is 31.1. The van der Waals surface area contributed by atoms with Gasteiger partial charge >= 0.3 is 0 Å². The Kier molecular flexibility index (Phi) is 8.04. The Morgan fingerprint density at radius 2 is 0.895 bits per heavy atom. The van der Waals surface area contributed by atoms with Gasteiger partial charge in [0.2, 0.25) is 0 Å². The van der Waals surface area contributed by atoms with Gasteiger partial charge in [0.25, 0.3) is 0 Å². The molecule has 0 bridgehead atoms.